The van der Waals surface area contributed by atoms with Crippen molar-refractivity contribution in [2.45, 2.75) is 161 Å². The molecule has 4 aliphatic carbocycles. The van der Waals surface area contributed by atoms with Gasteiger partial charge in [-0.15, -0.1) is 0 Å². The summed E-state index contributed by atoms with van der Waals surface area (Å²) in [4.78, 5) is 0. The predicted octanol–water partition coefficient (Wildman–Crippen LogP) is 3.30. The lowest BCUT2D eigenvalue weighted by Gasteiger charge is -2.71. The van der Waals surface area contributed by atoms with E-state index in [0.717, 1.165) is 19.3 Å². The highest BCUT2D eigenvalue weighted by Crippen LogP contribution is 2.76. The fourth-order valence-corrected chi connectivity index (χ4v) is 12.0. The molecule has 0 amide bonds. The summed E-state index contributed by atoms with van der Waals surface area (Å²) in [6, 6.07) is 0. The minimum absolute atomic E-state index is 0.0692. The van der Waals surface area contributed by atoms with Crippen LogP contribution in [0, 0.1) is 45.3 Å². The van der Waals surface area contributed by atoms with Crippen molar-refractivity contribution in [3.8, 4) is 0 Å². The van der Waals surface area contributed by atoms with Crippen LogP contribution >= 0.6 is 0 Å². The Morgan fingerprint density at radius 3 is 2.18 bits per heavy atom. The van der Waals surface area contributed by atoms with Crippen molar-refractivity contribution in [2.24, 2.45) is 45.3 Å². The Labute approximate surface area is 270 Å². The second-order valence-corrected chi connectivity index (χ2v) is 17.4. The molecular weight excluding hydrogens is 576 g/mol. The lowest BCUT2D eigenvalue weighted by atomic mass is 9.34. The van der Waals surface area contributed by atoms with Gasteiger partial charge in [0.15, 0.2) is 6.29 Å². The minimum Gasteiger partial charge on any atom is -0.394 e. The van der Waals surface area contributed by atoms with Gasteiger partial charge in [0.25, 0.3) is 0 Å². The molecule has 8 unspecified atom stereocenters. The Hall–Kier alpha value is -0.620. The average Bonchev–Trinajstić information content (AvgIpc) is 3.33. The van der Waals surface area contributed by atoms with Gasteiger partial charge in [0.05, 0.1) is 30.5 Å². The zero-order valence-corrected chi connectivity index (χ0v) is 28.8. The topological polar surface area (TPSA) is 160 Å². The zero-order chi connectivity index (χ0) is 33.5. The molecule has 1 saturated heterocycles. The lowest BCUT2D eigenvalue weighted by molar-refractivity contribution is -0.336. The average molecular weight is 639 g/mol. The molecule has 260 valence electrons. The molecular formula is C36H62O9. The number of allylic oxidation sites excluding steroid dienone is 2. The van der Waals surface area contributed by atoms with Gasteiger partial charge in [-0.2, -0.15) is 0 Å². The lowest BCUT2D eigenvalue weighted by Crippen LogP contribution is -2.70. The van der Waals surface area contributed by atoms with E-state index in [2.05, 4.69) is 40.7 Å². The van der Waals surface area contributed by atoms with Crippen molar-refractivity contribution >= 4 is 0 Å². The number of aliphatic hydroxyl groups is 7. The van der Waals surface area contributed by atoms with E-state index in [4.69, 9.17) is 9.47 Å². The molecule has 16 atom stereocenters. The number of hydrogen-bond donors (Lipinski definition) is 7. The molecule has 1 aliphatic heterocycles. The highest BCUT2D eigenvalue weighted by molar-refractivity contribution is 5.21. The van der Waals surface area contributed by atoms with Crippen LogP contribution in [0.15, 0.2) is 11.6 Å². The monoisotopic (exact) mass is 638 g/mol. The summed E-state index contributed by atoms with van der Waals surface area (Å²) >= 11 is 0. The smallest absolute Gasteiger partial charge is 0.187 e. The fraction of sp³-hybridized carbons (Fsp3) is 0.944. The van der Waals surface area contributed by atoms with E-state index in [1.165, 1.54) is 5.57 Å². The van der Waals surface area contributed by atoms with Crippen molar-refractivity contribution < 1.29 is 45.2 Å². The van der Waals surface area contributed by atoms with E-state index in [9.17, 15) is 35.7 Å². The molecule has 5 aliphatic rings. The van der Waals surface area contributed by atoms with Crippen LogP contribution in [0.2, 0.25) is 0 Å². The summed E-state index contributed by atoms with van der Waals surface area (Å²) in [5, 5.41) is 76.9. The third-order valence-electron chi connectivity index (χ3n) is 14.5. The standard InChI is InChI=1S/C36H62O9/c1-19(2)10-9-13-36(8,45-31-29(43)28(42)27(41)23(18-37)44-31)20-11-15-34(6)26(20)21(38)16-24-33(5)14-12-25(40)32(3,4)30(33)22(39)17-35(24,34)7/h10,20-31,37-43H,9,11-18H2,1-8H3/t20-,21?,22?,23?,24-,25?,26-,27?,28?,29?,30+,31?,33-,34+,35+,36+/m1/s1. The van der Waals surface area contributed by atoms with Crippen molar-refractivity contribution in [3.63, 3.8) is 0 Å². The first kappa shape index (κ1) is 35.7. The SMILES string of the molecule is CC(C)=CCC[C@](C)(OC1OC(CO)C(O)C(O)C1O)[C@@H]1CC[C@@]2(C)[C@H]1C(O)C[C@@H]1[C@@]3(C)CCC(O)C(C)(C)[C@@H]3C(O)C[C@@]12C. The molecule has 0 aromatic carbocycles. The quantitative estimate of drug-likeness (QED) is 0.208. The molecule has 5 rings (SSSR count). The van der Waals surface area contributed by atoms with Crippen LogP contribution in [0.1, 0.15) is 107 Å². The van der Waals surface area contributed by atoms with Gasteiger partial charge >= 0.3 is 0 Å². The number of ether oxygens (including phenoxy) is 2. The summed E-state index contributed by atoms with van der Waals surface area (Å²) in [5.74, 6) is -0.154. The van der Waals surface area contributed by atoms with Crippen LogP contribution in [0.4, 0.5) is 0 Å². The molecule has 9 heteroatoms. The van der Waals surface area contributed by atoms with Crippen molar-refractivity contribution in [1.82, 2.24) is 0 Å². The molecule has 5 fully saturated rings. The maximum absolute atomic E-state index is 12.2. The van der Waals surface area contributed by atoms with Crippen LogP contribution in [0.5, 0.6) is 0 Å². The third kappa shape index (κ3) is 5.39. The van der Waals surface area contributed by atoms with E-state index in [-0.39, 0.29) is 39.9 Å². The molecule has 4 saturated carbocycles. The Morgan fingerprint density at radius 1 is 0.889 bits per heavy atom. The molecule has 0 radical (unpaired) electrons. The number of rotatable bonds is 7. The van der Waals surface area contributed by atoms with Gasteiger partial charge in [0, 0.05) is 0 Å². The number of hydrogen-bond acceptors (Lipinski definition) is 9. The first-order valence-electron chi connectivity index (χ1n) is 17.4. The van der Waals surface area contributed by atoms with Crippen LogP contribution in [-0.2, 0) is 9.47 Å². The van der Waals surface area contributed by atoms with Gasteiger partial charge in [-0.1, -0.05) is 46.3 Å². The fourth-order valence-electron chi connectivity index (χ4n) is 12.0. The molecule has 0 spiro atoms. The Kier molecular flexibility index (Phi) is 9.56. The van der Waals surface area contributed by atoms with Crippen LogP contribution in [0.25, 0.3) is 0 Å². The summed E-state index contributed by atoms with van der Waals surface area (Å²) < 4.78 is 12.6. The normalized spacial score (nSPS) is 52.2. The first-order chi connectivity index (χ1) is 20.8. The maximum Gasteiger partial charge on any atom is 0.187 e. The maximum atomic E-state index is 12.2. The van der Waals surface area contributed by atoms with E-state index in [1.54, 1.807) is 0 Å². The Bertz CT molecular complexity index is 1110. The minimum atomic E-state index is -1.53. The van der Waals surface area contributed by atoms with Crippen molar-refractivity contribution in [3.05, 3.63) is 11.6 Å². The summed E-state index contributed by atoms with van der Waals surface area (Å²) in [7, 11) is 0. The predicted molar refractivity (Wildman–Crippen MR) is 170 cm³/mol. The molecule has 0 aromatic heterocycles. The van der Waals surface area contributed by atoms with Gasteiger partial charge in [-0.3, -0.25) is 0 Å². The summed E-state index contributed by atoms with van der Waals surface area (Å²) in [6.45, 7) is 16.7. The van der Waals surface area contributed by atoms with Crippen molar-refractivity contribution in [1.29, 1.82) is 0 Å². The highest BCUT2D eigenvalue weighted by atomic mass is 16.7. The molecule has 1 heterocycles. The summed E-state index contributed by atoms with van der Waals surface area (Å²) in [6.07, 6.45) is -0.678. The first-order valence-corrected chi connectivity index (χ1v) is 17.4. The molecule has 7 N–H and O–H groups in total. The van der Waals surface area contributed by atoms with Crippen LogP contribution in [0.3, 0.4) is 0 Å². The van der Waals surface area contributed by atoms with E-state index in [1.807, 2.05) is 20.8 Å². The molecule has 0 bridgehead atoms. The zero-order valence-electron chi connectivity index (χ0n) is 28.8. The third-order valence-corrected chi connectivity index (χ3v) is 14.5. The highest BCUT2D eigenvalue weighted by Gasteiger charge is 2.73. The van der Waals surface area contributed by atoms with Gasteiger partial charge < -0.3 is 45.2 Å². The summed E-state index contributed by atoms with van der Waals surface area (Å²) in [5.41, 5.74) is -0.944. The molecule has 9 nitrogen and oxygen atoms in total. The van der Waals surface area contributed by atoms with E-state index < -0.39 is 66.6 Å². The second kappa shape index (κ2) is 12.1. The van der Waals surface area contributed by atoms with Crippen molar-refractivity contribution in [2.75, 3.05) is 6.61 Å². The largest absolute Gasteiger partial charge is 0.394 e. The van der Waals surface area contributed by atoms with Crippen LogP contribution < -0.4 is 0 Å². The Balaban J connectivity index is 1.51. The van der Waals surface area contributed by atoms with Crippen LogP contribution in [-0.4, -0.2) is 97.0 Å². The molecule has 0 aromatic rings. The number of fused-ring (bicyclic) bond motifs is 5. The Morgan fingerprint density at radius 2 is 1.56 bits per heavy atom. The molecule has 45 heavy (non-hydrogen) atoms. The van der Waals surface area contributed by atoms with E-state index in [0.29, 0.717) is 32.1 Å². The van der Waals surface area contributed by atoms with Gasteiger partial charge in [0.2, 0.25) is 0 Å². The van der Waals surface area contributed by atoms with Gasteiger partial charge in [0.1, 0.15) is 24.4 Å². The van der Waals surface area contributed by atoms with E-state index >= 15 is 0 Å². The second-order valence-electron chi connectivity index (χ2n) is 17.4. The van der Waals surface area contributed by atoms with Gasteiger partial charge in [-0.25, -0.2) is 0 Å². The van der Waals surface area contributed by atoms with Gasteiger partial charge in [-0.05, 0) is 117 Å². The number of aliphatic hydroxyl groups excluding tert-OH is 7.